The van der Waals surface area contributed by atoms with E-state index < -0.39 is 28.5 Å². The summed E-state index contributed by atoms with van der Waals surface area (Å²) in [6, 6.07) is 30.8. The molecule has 1 N–H and O–H groups in total. The first kappa shape index (κ1) is 32.8. The van der Waals surface area contributed by atoms with Crippen LogP contribution in [0.2, 0.25) is 5.02 Å². The van der Waals surface area contributed by atoms with E-state index in [1.54, 1.807) is 36.4 Å². The molecule has 4 aromatic rings. The smallest absolute Gasteiger partial charge is 0.264 e. The number of sulfonamides is 1. The lowest BCUT2D eigenvalue weighted by Gasteiger charge is -2.34. The number of hydrogen-bond donors (Lipinski definition) is 1. The molecule has 0 saturated heterocycles. The van der Waals surface area contributed by atoms with Crippen LogP contribution in [0, 0.1) is 6.92 Å². The first-order valence-corrected chi connectivity index (χ1v) is 16.4. The van der Waals surface area contributed by atoms with Crippen LogP contribution < -0.4 is 9.62 Å². The molecule has 0 aliphatic carbocycles. The van der Waals surface area contributed by atoms with Crippen LogP contribution in [0.1, 0.15) is 37.0 Å². The average molecular weight is 632 g/mol. The van der Waals surface area contributed by atoms with Crippen molar-refractivity contribution in [3.8, 4) is 0 Å². The summed E-state index contributed by atoms with van der Waals surface area (Å²) < 4.78 is 29.3. The van der Waals surface area contributed by atoms with Crippen LogP contribution in [0.25, 0.3) is 0 Å². The molecule has 4 rings (SSSR count). The lowest BCUT2D eigenvalue weighted by Crippen LogP contribution is -2.54. The highest BCUT2D eigenvalue weighted by molar-refractivity contribution is 7.92. The van der Waals surface area contributed by atoms with Crippen molar-refractivity contribution in [2.24, 2.45) is 0 Å². The number of carbonyl (C=O) groups is 2. The van der Waals surface area contributed by atoms with E-state index in [9.17, 15) is 18.0 Å². The number of para-hydroxylation sites is 1. The number of amides is 2. The Bertz CT molecular complexity index is 1650. The minimum atomic E-state index is -4.22. The summed E-state index contributed by atoms with van der Waals surface area (Å²) in [6.45, 7) is 5.29. The van der Waals surface area contributed by atoms with Crippen molar-refractivity contribution in [3.63, 3.8) is 0 Å². The first-order chi connectivity index (χ1) is 21.1. The summed E-state index contributed by atoms with van der Waals surface area (Å²) >= 11 is 6.53. The molecule has 0 spiro atoms. The molecule has 44 heavy (non-hydrogen) atoms. The van der Waals surface area contributed by atoms with Crippen molar-refractivity contribution in [1.82, 2.24) is 10.2 Å². The van der Waals surface area contributed by atoms with Gasteiger partial charge in [-0.2, -0.15) is 0 Å². The number of rotatable bonds is 13. The molecule has 0 aliphatic rings. The highest BCUT2D eigenvalue weighted by atomic mass is 35.5. The van der Waals surface area contributed by atoms with E-state index in [0.717, 1.165) is 21.0 Å². The largest absolute Gasteiger partial charge is 0.352 e. The van der Waals surface area contributed by atoms with Gasteiger partial charge in [-0.15, -0.1) is 0 Å². The fourth-order valence-corrected chi connectivity index (χ4v) is 6.50. The lowest BCUT2D eigenvalue weighted by atomic mass is 10.0. The quantitative estimate of drug-likeness (QED) is 0.185. The Labute approximate surface area is 265 Å². The van der Waals surface area contributed by atoms with E-state index in [2.05, 4.69) is 5.32 Å². The van der Waals surface area contributed by atoms with Gasteiger partial charge in [0.15, 0.2) is 0 Å². The molecule has 0 aliphatic heterocycles. The van der Waals surface area contributed by atoms with Gasteiger partial charge >= 0.3 is 0 Å². The van der Waals surface area contributed by atoms with Gasteiger partial charge in [0.1, 0.15) is 12.6 Å². The monoisotopic (exact) mass is 631 g/mol. The standard InChI is InChI=1S/C35H38ClN3O4S/c1-4-27(3)37-35(41)33(23-28-13-7-5-8-14-28)38(24-29-15-9-6-10-16-29)34(40)25-39(32-18-12-11-17-31(32)36)44(42,43)30-21-19-26(2)20-22-30/h5-22,27,33H,4,23-25H2,1-3H3,(H,37,41)/t27-,33-/m0/s1. The number of nitrogens with one attached hydrogen (secondary N) is 1. The summed E-state index contributed by atoms with van der Waals surface area (Å²) in [4.78, 5) is 29.8. The molecular weight excluding hydrogens is 594 g/mol. The average Bonchev–Trinajstić information content (AvgIpc) is 3.03. The van der Waals surface area contributed by atoms with Crippen molar-refractivity contribution in [2.45, 2.75) is 57.1 Å². The second kappa shape index (κ2) is 15.0. The molecule has 2 amide bonds. The lowest BCUT2D eigenvalue weighted by molar-refractivity contribution is -0.140. The zero-order valence-corrected chi connectivity index (χ0v) is 26.8. The number of nitrogens with zero attached hydrogens (tertiary/aromatic N) is 2. The summed E-state index contributed by atoms with van der Waals surface area (Å²) in [5.41, 5.74) is 2.75. The fraction of sp³-hybridized carbons (Fsp3) is 0.257. The van der Waals surface area contributed by atoms with Crippen LogP contribution in [0.3, 0.4) is 0 Å². The number of benzene rings is 4. The third-order valence-corrected chi connectivity index (χ3v) is 9.57. The Kier molecular flexibility index (Phi) is 11.2. The van der Waals surface area contributed by atoms with Gasteiger partial charge in [-0.1, -0.05) is 109 Å². The predicted octanol–water partition coefficient (Wildman–Crippen LogP) is 6.40. The summed E-state index contributed by atoms with van der Waals surface area (Å²) in [6.07, 6.45) is 0.962. The van der Waals surface area contributed by atoms with Crippen molar-refractivity contribution < 1.29 is 18.0 Å². The van der Waals surface area contributed by atoms with E-state index in [4.69, 9.17) is 11.6 Å². The molecule has 0 fully saturated rings. The topological polar surface area (TPSA) is 86.8 Å². The molecule has 2 atom stereocenters. The van der Waals surface area contributed by atoms with Crippen molar-refractivity contribution in [1.29, 1.82) is 0 Å². The second-order valence-corrected chi connectivity index (χ2v) is 13.1. The van der Waals surface area contributed by atoms with Crippen LogP contribution >= 0.6 is 11.6 Å². The molecule has 0 bridgehead atoms. The van der Waals surface area contributed by atoms with E-state index in [-0.39, 0.29) is 40.5 Å². The molecular formula is C35H38ClN3O4S. The van der Waals surface area contributed by atoms with Gasteiger partial charge < -0.3 is 10.2 Å². The molecule has 0 radical (unpaired) electrons. The highest BCUT2D eigenvalue weighted by Crippen LogP contribution is 2.31. The van der Waals surface area contributed by atoms with Gasteiger partial charge in [0, 0.05) is 19.0 Å². The minimum absolute atomic E-state index is 0.0285. The van der Waals surface area contributed by atoms with E-state index >= 15 is 0 Å². The molecule has 230 valence electrons. The van der Waals surface area contributed by atoms with Crippen molar-refractivity contribution in [2.75, 3.05) is 10.8 Å². The van der Waals surface area contributed by atoms with Crippen LogP contribution in [0.4, 0.5) is 5.69 Å². The zero-order valence-electron chi connectivity index (χ0n) is 25.2. The van der Waals surface area contributed by atoms with E-state index in [0.29, 0.717) is 6.42 Å². The van der Waals surface area contributed by atoms with Crippen LogP contribution in [-0.2, 0) is 32.6 Å². The van der Waals surface area contributed by atoms with E-state index in [1.807, 2.05) is 81.4 Å². The molecule has 9 heteroatoms. The number of aryl methyl sites for hydroxylation is 1. The van der Waals surface area contributed by atoms with Crippen LogP contribution in [-0.4, -0.2) is 43.8 Å². The number of hydrogen-bond acceptors (Lipinski definition) is 4. The maximum Gasteiger partial charge on any atom is 0.264 e. The molecule has 7 nitrogen and oxygen atoms in total. The Hall–Kier alpha value is -4.14. The molecule has 0 unspecified atom stereocenters. The van der Waals surface area contributed by atoms with Crippen molar-refractivity contribution in [3.05, 3.63) is 131 Å². The third kappa shape index (κ3) is 8.27. The van der Waals surface area contributed by atoms with E-state index in [1.165, 1.54) is 17.0 Å². The van der Waals surface area contributed by atoms with Gasteiger partial charge in [0.05, 0.1) is 15.6 Å². The highest BCUT2D eigenvalue weighted by Gasteiger charge is 2.35. The summed E-state index contributed by atoms with van der Waals surface area (Å²) in [5, 5.41) is 3.22. The summed E-state index contributed by atoms with van der Waals surface area (Å²) in [7, 11) is -4.22. The molecule has 0 aromatic heterocycles. The molecule has 0 heterocycles. The van der Waals surface area contributed by atoms with Gasteiger partial charge in [0.25, 0.3) is 10.0 Å². The SMILES string of the molecule is CC[C@H](C)NC(=O)[C@H](Cc1ccccc1)N(Cc1ccccc1)C(=O)CN(c1ccccc1Cl)S(=O)(=O)c1ccc(C)cc1. The second-order valence-electron chi connectivity index (χ2n) is 10.8. The Morgan fingerprint density at radius 3 is 1.98 bits per heavy atom. The fourth-order valence-electron chi connectivity index (χ4n) is 4.78. The zero-order chi connectivity index (χ0) is 31.7. The number of carbonyl (C=O) groups excluding carboxylic acids is 2. The van der Waals surface area contributed by atoms with Gasteiger partial charge in [-0.05, 0) is 55.7 Å². The third-order valence-electron chi connectivity index (χ3n) is 7.48. The van der Waals surface area contributed by atoms with Gasteiger partial charge in [-0.3, -0.25) is 13.9 Å². The van der Waals surface area contributed by atoms with Crippen molar-refractivity contribution >= 4 is 39.1 Å². The predicted molar refractivity (Wildman–Crippen MR) is 176 cm³/mol. The van der Waals surface area contributed by atoms with Gasteiger partial charge in [-0.25, -0.2) is 8.42 Å². The van der Waals surface area contributed by atoms with Crippen LogP contribution in [0.15, 0.2) is 114 Å². The summed E-state index contributed by atoms with van der Waals surface area (Å²) in [5.74, 6) is -0.845. The van der Waals surface area contributed by atoms with Gasteiger partial charge in [0.2, 0.25) is 11.8 Å². The minimum Gasteiger partial charge on any atom is -0.352 e. The Morgan fingerprint density at radius 1 is 0.818 bits per heavy atom. The normalized spacial score (nSPS) is 12.6. The maximum atomic E-state index is 14.5. The Morgan fingerprint density at radius 2 is 1.39 bits per heavy atom. The maximum absolute atomic E-state index is 14.5. The molecule has 4 aromatic carbocycles. The number of anilines is 1. The first-order valence-electron chi connectivity index (χ1n) is 14.6. The van der Waals surface area contributed by atoms with Crippen LogP contribution in [0.5, 0.6) is 0 Å². The molecule has 0 saturated carbocycles. The Balaban J connectivity index is 1.80. The number of halogens is 1.